The van der Waals surface area contributed by atoms with Gasteiger partial charge in [-0.05, 0) is 18.3 Å². The van der Waals surface area contributed by atoms with E-state index in [9.17, 15) is 0 Å². The van der Waals surface area contributed by atoms with E-state index in [1.54, 1.807) is 0 Å². The smallest absolute Gasteiger partial charge is 0.0324 e. The Morgan fingerprint density at radius 3 is 2.00 bits per heavy atom. The molecule has 10 heavy (non-hydrogen) atoms. The summed E-state index contributed by atoms with van der Waals surface area (Å²) < 4.78 is 0. The van der Waals surface area contributed by atoms with Gasteiger partial charge in [-0.3, -0.25) is 0 Å². The summed E-state index contributed by atoms with van der Waals surface area (Å²) in [5, 5.41) is 0. The number of hydrogen-bond donors (Lipinski definition) is 0. The highest BCUT2D eigenvalue weighted by atomic mass is 14.2. The van der Waals surface area contributed by atoms with Gasteiger partial charge in [-0.15, -0.1) is 0 Å². The predicted molar refractivity (Wildman–Crippen MR) is 45.7 cm³/mol. The normalized spacial score (nSPS) is 34.2. The highest BCUT2D eigenvalue weighted by Gasteiger charge is 2.18. The summed E-state index contributed by atoms with van der Waals surface area (Å²) >= 11 is 0. The molecule has 0 bridgehead atoms. The molecule has 1 saturated carbocycles. The van der Waals surface area contributed by atoms with Crippen molar-refractivity contribution >= 4 is 0 Å². The average molecular weight is 139 g/mol. The molecule has 0 aromatic rings. The third kappa shape index (κ3) is 2.00. The summed E-state index contributed by atoms with van der Waals surface area (Å²) in [6.07, 6.45) is 9.67. The topological polar surface area (TPSA) is 0 Å². The van der Waals surface area contributed by atoms with E-state index >= 15 is 0 Å². The monoisotopic (exact) mass is 139 g/mol. The third-order valence-electron chi connectivity index (χ3n) is 2.74. The van der Waals surface area contributed by atoms with E-state index in [1.165, 1.54) is 32.1 Å². The van der Waals surface area contributed by atoms with Crippen LogP contribution in [0.1, 0.15) is 46.0 Å². The van der Waals surface area contributed by atoms with Gasteiger partial charge in [0.25, 0.3) is 0 Å². The lowest BCUT2D eigenvalue weighted by Gasteiger charge is -2.26. The number of hydrogen-bond acceptors (Lipinski definition) is 0. The molecule has 2 atom stereocenters. The minimum atomic E-state index is 0.943. The van der Waals surface area contributed by atoms with Gasteiger partial charge < -0.3 is 0 Å². The van der Waals surface area contributed by atoms with Gasteiger partial charge >= 0.3 is 0 Å². The van der Waals surface area contributed by atoms with Gasteiger partial charge in [0.2, 0.25) is 0 Å². The van der Waals surface area contributed by atoms with Crippen LogP contribution in [0.2, 0.25) is 0 Å². The van der Waals surface area contributed by atoms with Crippen molar-refractivity contribution in [3.05, 3.63) is 6.42 Å². The van der Waals surface area contributed by atoms with Crippen LogP contribution in [0.4, 0.5) is 0 Å². The van der Waals surface area contributed by atoms with E-state index in [2.05, 4.69) is 20.3 Å². The molecule has 1 fully saturated rings. The van der Waals surface area contributed by atoms with Crippen molar-refractivity contribution in [1.82, 2.24) is 0 Å². The Hall–Kier alpha value is 0. The maximum Gasteiger partial charge on any atom is -0.0324 e. The van der Waals surface area contributed by atoms with Crippen molar-refractivity contribution in [2.24, 2.45) is 11.8 Å². The van der Waals surface area contributed by atoms with Crippen LogP contribution in [0.5, 0.6) is 0 Å². The van der Waals surface area contributed by atoms with Gasteiger partial charge in [-0.25, -0.2) is 0 Å². The molecule has 1 aliphatic rings. The Morgan fingerprint density at radius 1 is 1.10 bits per heavy atom. The van der Waals surface area contributed by atoms with Crippen molar-refractivity contribution in [2.45, 2.75) is 46.0 Å². The Kier molecular flexibility index (Phi) is 3.24. The zero-order valence-corrected chi connectivity index (χ0v) is 7.27. The van der Waals surface area contributed by atoms with Crippen molar-refractivity contribution in [1.29, 1.82) is 0 Å². The summed E-state index contributed by atoms with van der Waals surface area (Å²) in [4.78, 5) is 0. The van der Waals surface area contributed by atoms with Crippen LogP contribution in [0.3, 0.4) is 0 Å². The fourth-order valence-corrected chi connectivity index (χ4v) is 1.90. The van der Waals surface area contributed by atoms with Crippen LogP contribution in [0.25, 0.3) is 0 Å². The summed E-state index contributed by atoms with van der Waals surface area (Å²) in [5.74, 6) is 1.89. The van der Waals surface area contributed by atoms with Crippen molar-refractivity contribution in [2.75, 3.05) is 0 Å². The third-order valence-corrected chi connectivity index (χ3v) is 2.74. The van der Waals surface area contributed by atoms with Crippen LogP contribution in [-0.4, -0.2) is 0 Å². The highest BCUT2D eigenvalue weighted by molar-refractivity contribution is 4.86. The number of rotatable bonds is 2. The van der Waals surface area contributed by atoms with E-state index in [1.807, 2.05) is 0 Å². The molecule has 2 unspecified atom stereocenters. The highest BCUT2D eigenvalue weighted by Crippen LogP contribution is 2.31. The molecule has 0 saturated heterocycles. The maximum absolute atomic E-state index is 2.59. The molecular formula is C10H19. The van der Waals surface area contributed by atoms with E-state index in [0.29, 0.717) is 0 Å². The lowest BCUT2D eigenvalue weighted by molar-refractivity contribution is 0.344. The van der Waals surface area contributed by atoms with Crippen LogP contribution in [0.15, 0.2) is 0 Å². The molecule has 0 N–H and O–H groups in total. The van der Waals surface area contributed by atoms with Crippen LogP contribution >= 0.6 is 0 Å². The standard InChI is InChI=1S/C10H19/c1-3-9-6-5-7-10(4-2)8-9/h8-10H,3-7H2,1-2H3. The van der Waals surface area contributed by atoms with Gasteiger partial charge in [0, 0.05) is 0 Å². The summed E-state index contributed by atoms with van der Waals surface area (Å²) in [6, 6.07) is 0. The molecule has 59 valence electrons. The Bertz CT molecular complexity index is 76.0. The average Bonchev–Trinajstić information content (AvgIpc) is 2.05. The van der Waals surface area contributed by atoms with E-state index in [-0.39, 0.29) is 0 Å². The molecule has 0 spiro atoms. The minimum Gasteiger partial charge on any atom is -0.0651 e. The van der Waals surface area contributed by atoms with Gasteiger partial charge in [-0.2, -0.15) is 0 Å². The largest absolute Gasteiger partial charge is 0.0651 e. The summed E-state index contributed by atoms with van der Waals surface area (Å²) in [6.45, 7) is 4.61. The van der Waals surface area contributed by atoms with Crippen LogP contribution in [-0.2, 0) is 0 Å². The second-order valence-corrected chi connectivity index (χ2v) is 3.46. The van der Waals surface area contributed by atoms with Gasteiger partial charge in [0.05, 0.1) is 0 Å². The van der Waals surface area contributed by atoms with E-state index in [0.717, 1.165) is 11.8 Å². The zero-order chi connectivity index (χ0) is 7.40. The molecule has 1 radical (unpaired) electrons. The maximum atomic E-state index is 2.59. The summed E-state index contributed by atoms with van der Waals surface area (Å²) in [7, 11) is 0. The lowest BCUT2D eigenvalue weighted by Crippen LogP contribution is -2.14. The van der Waals surface area contributed by atoms with E-state index < -0.39 is 0 Å². The van der Waals surface area contributed by atoms with Crippen LogP contribution < -0.4 is 0 Å². The molecule has 0 aromatic heterocycles. The Morgan fingerprint density at radius 2 is 1.60 bits per heavy atom. The lowest BCUT2D eigenvalue weighted by atomic mass is 9.79. The Labute approximate surface area is 65.0 Å². The molecule has 0 heteroatoms. The van der Waals surface area contributed by atoms with E-state index in [4.69, 9.17) is 0 Å². The Balaban J connectivity index is 2.25. The second kappa shape index (κ2) is 4.00. The van der Waals surface area contributed by atoms with Crippen molar-refractivity contribution < 1.29 is 0 Å². The van der Waals surface area contributed by atoms with Crippen LogP contribution in [0, 0.1) is 18.3 Å². The fourth-order valence-electron chi connectivity index (χ4n) is 1.90. The molecule has 0 amide bonds. The first kappa shape index (κ1) is 8.10. The molecule has 0 nitrogen and oxygen atoms in total. The fraction of sp³-hybridized carbons (Fsp3) is 0.900. The first-order chi connectivity index (χ1) is 4.86. The molecule has 0 aromatic carbocycles. The van der Waals surface area contributed by atoms with Gasteiger partial charge in [0.1, 0.15) is 0 Å². The quantitative estimate of drug-likeness (QED) is 0.550. The van der Waals surface area contributed by atoms with Crippen molar-refractivity contribution in [3.8, 4) is 0 Å². The molecule has 1 aliphatic carbocycles. The van der Waals surface area contributed by atoms with Gasteiger partial charge in [-0.1, -0.05) is 46.0 Å². The SMILES string of the molecule is CCC1[CH]C(CC)CCC1. The van der Waals surface area contributed by atoms with Gasteiger partial charge in [0.15, 0.2) is 0 Å². The molecule has 0 aliphatic heterocycles. The predicted octanol–water partition coefficient (Wildman–Crippen LogP) is 3.43. The molecule has 0 heterocycles. The zero-order valence-electron chi connectivity index (χ0n) is 7.27. The molecule has 1 rings (SSSR count). The first-order valence-corrected chi connectivity index (χ1v) is 4.71. The second-order valence-electron chi connectivity index (χ2n) is 3.46. The van der Waals surface area contributed by atoms with Crippen molar-refractivity contribution in [3.63, 3.8) is 0 Å². The molecular weight excluding hydrogens is 120 g/mol. The summed E-state index contributed by atoms with van der Waals surface area (Å²) in [5.41, 5.74) is 0. The first-order valence-electron chi connectivity index (χ1n) is 4.71. The minimum absolute atomic E-state index is 0.943.